The summed E-state index contributed by atoms with van der Waals surface area (Å²) in [5.74, 6) is 0. The minimum atomic E-state index is -4.54. The van der Waals surface area contributed by atoms with Crippen LogP contribution in [0.1, 0.15) is 0 Å². The highest BCUT2D eigenvalue weighted by atomic mass is 32.2. The molecular formula is H6N3O4PS. The van der Waals surface area contributed by atoms with E-state index >= 15 is 0 Å². The Morgan fingerprint density at radius 2 is 1.78 bits per heavy atom. The van der Waals surface area contributed by atoms with Gasteiger partial charge in [0.15, 0.2) is 0 Å². The Morgan fingerprint density at radius 3 is 1.78 bits per heavy atom. The van der Waals surface area contributed by atoms with E-state index in [1.54, 1.807) is 0 Å². The number of nitrogens with two attached hydrogens (primary N) is 2. The van der Waals surface area contributed by atoms with Gasteiger partial charge in [-0.05, 0) is 0 Å². The lowest BCUT2D eigenvalue weighted by molar-refractivity contribution is 0.477. The molecule has 0 saturated carbocycles. The van der Waals surface area contributed by atoms with E-state index in [0.717, 1.165) is 4.49 Å². The van der Waals surface area contributed by atoms with Crippen molar-refractivity contribution in [3.8, 4) is 0 Å². The molecule has 0 aliphatic heterocycles. The SMILES string of the molecule is NP(N)(=O)NS(=O)(=O)O. The van der Waals surface area contributed by atoms with Gasteiger partial charge in [0.25, 0.3) is 7.59 Å². The van der Waals surface area contributed by atoms with Crippen molar-refractivity contribution in [2.45, 2.75) is 0 Å². The second-order valence-electron chi connectivity index (χ2n) is 1.28. The van der Waals surface area contributed by atoms with Crippen molar-refractivity contribution in [2.24, 2.45) is 11.0 Å². The van der Waals surface area contributed by atoms with Gasteiger partial charge in [0.1, 0.15) is 0 Å². The zero-order valence-corrected chi connectivity index (χ0v) is 5.89. The van der Waals surface area contributed by atoms with Crippen molar-refractivity contribution in [2.75, 3.05) is 0 Å². The molecule has 0 atom stereocenters. The van der Waals surface area contributed by atoms with Gasteiger partial charge in [0.05, 0.1) is 0 Å². The Hall–Kier alpha value is 0.0200. The van der Waals surface area contributed by atoms with Crippen LogP contribution >= 0.6 is 7.59 Å². The maximum Gasteiger partial charge on any atom is 0.341 e. The van der Waals surface area contributed by atoms with Gasteiger partial charge in [0, 0.05) is 0 Å². The summed E-state index contributed by atoms with van der Waals surface area (Å²) in [6.45, 7) is 0. The summed E-state index contributed by atoms with van der Waals surface area (Å²) < 4.78 is 38.6. The van der Waals surface area contributed by atoms with Crippen molar-refractivity contribution >= 4 is 17.9 Å². The zero-order chi connectivity index (χ0) is 7.71. The van der Waals surface area contributed by atoms with Crippen LogP contribution < -0.4 is 15.5 Å². The second-order valence-corrected chi connectivity index (χ2v) is 4.37. The number of hydrogen-bond donors (Lipinski definition) is 4. The predicted octanol–water partition coefficient (Wildman–Crippen LogP) is -1.60. The van der Waals surface area contributed by atoms with Crippen LogP contribution in [0.25, 0.3) is 0 Å². The first-order valence-electron chi connectivity index (χ1n) is 1.64. The number of rotatable bonds is 2. The maximum atomic E-state index is 10.1. The van der Waals surface area contributed by atoms with Crippen LogP contribution in [0, 0.1) is 0 Å². The molecule has 0 aliphatic carbocycles. The summed E-state index contributed by atoms with van der Waals surface area (Å²) in [5.41, 5.74) is 9.01. The van der Waals surface area contributed by atoms with Crippen molar-refractivity contribution in [1.29, 1.82) is 0 Å². The van der Waals surface area contributed by atoms with E-state index in [9.17, 15) is 13.0 Å². The Morgan fingerprint density at radius 1 is 1.44 bits per heavy atom. The molecule has 0 aromatic rings. The third-order valence-corrected chi connectivity index (χ3v) is 2.32. The molecule has 0 amide bonds. The molecule has 56 valence electrons. The first-order valence-corrected chi connectivity index (χ1v) is 4.93. The molecule has 0 saturated heterocycles. The monoisotopic (exact) mass is 175 g/mol. The molecule has 9 heteroatoms. The standard InChI is InChI=1S/H6N3O4PS/c1-8(2,4)3-9(5,6)7/h(H,5,6,7)(H5,1,2,3,4). The van der Waals surface area contributed by atoms with Gasteiger partial charge in [-0.3, -0.25) is 20.1 Å². The van der Waals surface area contributed by atoms with Crippen molar-refractivity contribution in [3.05, 3.63) is 0 Å². The van der Waals surface area contributed by atoms with Crippen LogP contribution in [0.4, 0.5) is 0 Å². The molecule has 0 radical (unpaired) electrons. The lowest BCUT2D eigenvalue weighted by Crippen LogP contribution is -2.27. The zero-order valence-electron chi connectivity index (χ0n) is 4.18. The van der Waals surface area contributed by atoms with Crippen LogP contribution in [-0.4, -0.2) is 13.0 Å². The Bertz CT molecular complexity index is 222. The molecule has 0 bridgehead atoms. The van der Waals surface area contributed by atoms with E-state index in [0.29, 0.717) is 0 Å². The van der Waals surface area contributed by atoms with Gasteiger partial charge in [-0.1, -0.05) is 0 Å². The quantitative estimate of drug-likeness (QED) is 0.295. The predicted molar refractivity (Wildman–Crippen MR) is 30.7 cm³/mol. The Balaban J connectivity index is 4.26. The maximum absolute atomic E-state index is 10.1. The lowest BCUT2D eigenvalue weighted by atomic mass is 13.8. The Labute approximate surface area is 51.8 Å². The smallest absolute Gasteiger partial charge is 0.273 e. The van der Waals surface area contributed by atoms with Crippen LogP contribution in [0.15, 0.2) is 0 Å². The van der Waals surface area contributed by atoms with Crippen LogP contribution in [0.2, 0.25) is 0 Å². The summed E-state index contributed by atoms with van der Waals surface area (Å²) in [7, 11) is -8.42. The minimum Gasteiger partial charge on any atom is -0.273 e. The minimum absolute atomic E-state index is 1.10. The molecule has 0 aliphatic rings. The summed E-state index contributed by atoms with van der Waals surface area (Å²) in [6.07, 6.45) is 0. The molecule has 0 aromatic heterocycles. The largest absolute Gasteiger partial charge is 0.341 e. The van der Waals surface area contributed by atoms with Gasteiger partial charge in [-0.2, -0.15) is 8.42 Å². The van der Waals surface area contributed by atoms with Crippen LogP contribution in [0.5, 0.6) is 0 Å². The third kappa shape index (κ3) is 8.02. The van der Waals surface area contributed by atoms with Gasteiger partial charge in [-0.15, -0.1) is 4.49 Å². The van der Waals surface area contributed by atoms with E-state index in [-0.39, 0.29) is 0 Å². The van der Waals surface area contributed by atoms with E-state index < -0.39 is 17.9 Å². The molecule has 0 unspecified atom stereocenters. The molecule has 0 heterocycles. The normalized spacial score (nSPS) is 13.7. The topological polar surface area (TPSA) is 136 Å². The van der Waals surface area contributed by atoms with Gasteiger partial charge >= 0.3 is 10.3 Å². The van der Waals surface area contributed by atoms with Crippen molar-refractivity contribution in [3.63, 3.8) is 0 Å². The second kappa shape index (κ2) is 2.33. The summed E-state index contributed by atoms with van der Waals surface area (Å²) in [4.78, 5) is 0. The highest BCUT2D eigenvalue weighted by molar-refractivity contribution is 7.90. The fraction of sp³-hybridized carbons (Fsp3) is 0. The fourth-order valence-electron chi connectivity index (χ4n) is 0.180. The molecule has 0 aromatic carbocycles. The lowest BCUT2D eigenvalue weighted by Gasteiger charge is -2.02. The average molecular weight is 175 g/mol. The molecular weight excluding hydrogens is 169 g/mol. The van der Waals surface area contributed by atoms with E-state index in [2.05, 4.69) is 11.0 Å². The summed E-state index contributed by atoms with van der Waals surface area (Å²) >= 11 is 0. The first kappa shape index (κ1) is 9.02. The van der Waals surface area contributed by atoms with Crippen LogP contribution in [0.3, 0.4) is 0 Å². The third-order valence-electron chi connectivity index (χ3n) is 0.258. The highest BCUT2D eigenvalue weighted by Crippen LogP contribution is 2.17. The first-order chi connectivity index (χ1) is 3.71. The van der Waals surface area contributed by atoms with Crippen molar-refractivity contribution in [1.82, 2.24) is 4.49 Å². The van der Waals surface area contributed by atoms with Gasteiger partial charge in [-0.25, -0.2) is 0 Å². The average Bonchev–Trinajstić information content (AvgIpc) is 1.14. The van der Waals surface area contributed by atoms with E-state index in [1.807, 2.05) is 0 Å². The molecule has 0 spiro atoms. The Kier molecular flexibility index (Phi) is 2.34. The van der Waals surface area contributed by atoms with Gasteiger partial charge < -0.3 is 0 Å². The highest BCUT2D eigenvalue weighted by Gasteiger charge is 2.15. The van der Waals surface area contributed by atoms with Crippen molar-refractivity contribution < 1.29 is 17.5 Å². The van der Waals surface area contributed by atoms with E-state index in [1.165, 1.54) is 0 Å². The van der Waals surface area contributed by atoms with E-state index in [4.69, 9.17) is 4.55 Å². The molecule has 7 nitrogen and oxygen atoms in total. The molecule has 9 heavy (non-hydrogen) atoms. The van der Waals surface area contributed by atoms with Crippen LogP contribution in [-0.2, 0) is 14.9 Å². The number of hydrogen-bond acceptors (Lipinski definition) is 3. The molecule has 0 rings (SSSR count). The summed E-state index contributed by atoms with van der Waals surface area (Å²) in [5, 5.41) is 0. The molecule has 6 N–H and O–H groups in total. The summed E-state index contributed by atoms with van der Waals surface area (Å²) in [6, 6.07) is 0. The fourth-order valence-corrected chi connectivity index (χ4v) is 1.62. The number of nitrogens with one attached hydrogen (secondary N) is 1. The molecule has 0 fully saturated rings. The van der Waals surface area contributed by atoms with Gasteiger partial charge in [0.2, 0.25) is 0 Å².